The number of imidazole rings is 1. The molecular weight excluding hydrogens is 262 g/mol. The minimum absolute atomic E-state index is 0.297. The number of carboxylic acids is 1. The van der Waals surface area contributed by atoms with E-state index >= 15 is 0 Å². The summed E-state index contributed by atoms with van der Waals surface area (Å²) in [5, 5.41) is 11.3. The van der Waals surface area contributed by atoms with Crippen molar-refractivity contribution in [1.29, 1.82) is 0 Å². The molecule has 0 radical (unpaired) electrons. The number of aliphatic carboxylic acids is 1. The Kier molecular flexibility index (Phi) is 3.99. The number of anilines is 1. The van der Waals surface area contributed by atoms with Crippen LogP contribution in [0.5, 0.6) is 5.75 Å². The van der Waals surface area contributed by atoms with Gasteiger partial charge in [-0.15, -0.1) is 0 Å². The van der Waals surface area contributed by atoms with Crippen LogP contribution in [-0.4, -0.2) is 33.1 Å². The summed E-state index contributed by atoms with van der Waals surface area (Å²) in [6.45, 7) is -0.474. The summed E-state index contributed by atoms with van der Waals surface area (Å²) in [7, 11) is 1.70. The first-order chi connectivity index (χ1) is 9.58. The maximum Gasteiger partial charge on any atom is 0.341 e. The van der Waals surface area contributed by atoms with Crippen LogP contribution in [0.3, 0.4) is 0 Å². The summed E-state index contributed by atoms with van der Waals surface area (Å²) in [5.41, 5.74) is 0.790. The van der Waals surface area contributed by atoms with Crippen molar-refractivity contribution in [3.05, 3.63) is 42.5 Å². The number of amides is 1. The second-order valence-electron chi connectivity index (χ2n) is 4.02. The third-order valence-electron chi connectivity index (χ3n) is 2.54. The topological polar surface area (TPSA) is 93.5 Å². The molecule has 0 aliphatic heterocycles. The molecule has 1 aromatic heterocycles. The number of nitrogens with zero attached hydrogens (tertiary/aromatic N) is 2. The molecule has 0 fully saturated rings. The van der Waals surface area contributed by atoms with E-state index in [0.717, 1.165) is 0 Å². The molecular formula is C13H13N3O4. The first-order valence-electron chi connectivity index (χ1n) is 5.79. The number of ether oxygens (including phenoxy) is 1. The van der Waals surface area contributed by atoms with E-state index in [-0.39, 0.29) is 5.91 Å². The number of aromatic nitrogens is 2. The van der Waals surface area contributed by atoms with E-state index in [1.54, 1.807) is 35.9 Å². The lowest BCUT2D eigenvalue weighted by molar-refractivity contribution is -0.139. The molecule has 0 saturated carbocycles. The maximum absolute atomic E-state index is 12.0. The van der Waals surface area contributed by atoms with Crippen LogP contribution >= 0.6 is 0 Å². The number of carboxylic acid groups (broad SMARTS) is 1. The predicted molar refractivity (Wildman–Crippen MR) is 70.7 cm³/mol. The number of para-hydroxylation sites is 2. The largest absolute Gasteiger partial charge is 0.480 e. The Morgan fingerprint density at radius 3 is 2.80 bits per heavy atom. The maximum atomic E-state index is 12.0. The number of aryl methyl sites for hydroxylation is 1. The molecule has 0 aliphatic rings. The third kappa shape index (κ3) is 3.14. The Hall–Kier alpha value is -2.83. The minimum atomic E-state index is -1.09. The molecule has 0 bridgehead atoms. The molecule has 7 heteroatoms. The molecule has 0 unspecified atom stereocenters. The summed E-state index contributed by atoms with van der Waals surface area (Å²) in [6, 6.07) is 6.62. The van der Waals surface area contributed by atoms with Gasteiger partial charge in [-0.1, -0.05) is 12.1 Å². The van der Waals surface area contributed by atoms with Crippen molar-refractivity contribution in [1.82, 2.24) is 9.55 Å². The molecule has 1 aromatic carbocycles. The molecule has 2 aromatic rings. The molecule has 0 spiro atoms. The quantitative estimate of drug-likeness (QED) is 0.853. The highest BCUT2D eigenvalue weighted by molar-refractivity contribution is 6.03. The first-order valence-corrected chi connectivity index (χ1v) is 5.79. The van der Waals surface area contributed by atoms with Crippen LogP contribution in [0.2, 0.25) is 0 Å². The lowest BCUT2D eigenvalue weighted by Crippen LogP contribution is -2.17. The van der Waals surface area contributed by atoms with Gasteiger partial charge in [0.15, 0.2) is 6.61 Å². The Labute approximate surface area is 114 Å². The molecule has 0 saturated heterocycles. The number of benzene rings is 1. The number of carbonyl (C=O) groups excluding carboxylic acids is 1. The first kappa shape index (κ1) is 13.6. The lowest BCUT2D eigenvalue weighted by Gasteiger charge is -2.11. The third-order valence-corrected chi connectivity index (χ3v) is 2.54. The summed E-state index contributed by atoms with van der Waals surface area (Å²) >= 11 is 0. The normalized spacial score (nSPS) is 10.1. The number of hydrogen-bond donors (Lipinski definition) is 2. The van der Waals surface area contributed by atoms with E-state index in [0.29, 0.717) is 17.1 Å². The molecule has 20 heavy (non-hydrogen) atoms. The molecule has 7 nitrogen and oxygen atoms in total. The van der Waals surface area contributed by atoms with E-state index in [2.05, 4.69) is 10.3 Å². The SMILES string of the molecule is Cn1cncc1C(=O)Nc1ccccc1OCC(=O)O. The Bertz CT molecular complexity index is 636. The summed E-state index contributed by atoms with van der Waals surface area (Å²) < 4.78 is 6.69. The fraction of sp³-hybridized carbons (Fsp3) is 0.154. The Balaban J connectivity index is 2.15. The standard InChI is InChI=1S/C13H13N3O4/c1-16-8-14-6-10(16)13(19)15-9-4-2-3-5-11(9)20-7-12(17)18/h2-6,8H,7H2,1H3,(H,15,19)(H,17,18). The fourth-order valence-corrected chi connectivity index (χ4v) is 1.60. The van der Waals surface area contributed by atoms with Crippen LogP contribution in [0.1, 0.15) is 10.5 Å². The van der Waals surface area contributed by atoms with Crippen molar-refractivity contribution in [3.8, 4) is 5.75 Å². The van der Waals surface area contributed by atoms with Crippen LogP contribution in [0.15, 0.2) is 36.8 Å². The van der Waals surface area contributed by atoms with E-state index in [1.807, 2.05) is 0 Å². The molecule has 2 N–H and O–H groups in total. The highest BCUT2D eigenvalue weighted by atomic mass is 16.5. The highest BCUT2D eigenvalue weighted by Crippen LogP contribution is 2.24. The smallest absolute Gasteiger partial charge is 0.341 e. The fourth-order valence-electron chi connectivity index (χ4n) is 1.60. The average Bonchev–Trinajstić information content (AvgIpc) is 2.84. The van der Waals surface area contributed by atoms with Crippen molar-refractivity contribution in [2.24, 2.45) is 7.05 Å². The van der Waals surface area contributed by atoms with Gasteiger partial charge in [-0.2, -0.15) is 0 Å². The van der Waals surface area contributed by atoms with Crippen molar-refractivity contribution in [3.63, 3.8) is 0 Å². The van der Waals surface area contributed by atoms with Gasteiger partial charge < -0.3 is 19.7 Å². The van der Waals surface area contributed by atoms with Gasteiger partial charge in [0.25, 0.3) is 5.91 Å². The van der Waals surface area contributed by atoms with E-state index in [4.69, 9.17) is 9.84 Å². The zero-order valence-electron chi connectivity index (χ0n) is 10.7. The van der Waals surface area contributed by atoms with Crippen LogP contribution in [0.25, 0.3) is 0 Å². The van der Waals surface area contributed by atoms with Crippen molar-refractivity contribution < 1.29 is 19.4 Å². The van der Waals surface area contributed by atoms with E-state index in [1.165, 1.54) is 12.5 Å². The number of hydrogen-bond acceptors (Lipinski definition) is 4. The molecule has 0 atom stereocenters. The summed E-state index contributed by atoms with van der Waals surface area (Å²) in [4.78, 5) is 26.4. The second-order valence-corrected chi connectivity index (χ2v) is 4.02. The van der Waals surface area contributed by atoms with E-state index in [9.17, 15) is 9.59 Å². The molecule has 1 amide bonds. The Morgan fingerprint density at radius 1 is 1.40 bits per heavy atom. The molecule has 0 aliphatic carbocycles. The van der Waals surface area contributed by atoms with Crippen LogP contribution < -0.4 is 10.1 Å². The van der Waals surface area contributed by atoms with E-state index < -0.39 is 12.6 Å². The monoisotopic (exact) mass is 275 g/mol. The van der Waals surface area contributed by atoms with Gasteiger partial charge in [-0.05, 0) is 12.1 Å². The summed E-state index contributed by atoms with van der Waals surface area (Å²) in [5.74, 6) is -1.14. The minimum Gasteiger partial charge on any atom is -0.480 e. The van der Waals surface area contributed by atoms with Gasteiger partial charge in [-0.25, -0.2) is 9.78 Å². The lowest BCUT2D eigenvalue weighted by atomic mass is 10.3. The number of nitrogens with one attached hydrogen (secondary N) is 1. The van der Waals surface area contributed by atoms with Crippen molar-refractivity contribution >= 4 is 17.6 Å². The van der Waals surface area contributed by atoms with Crippen molar-refractivity contribution in [2.75, 3.05) is 11.9 Å². The van der Waals surface area contributed by atoms with Crippen LogP contribution in [-0.2, 0) is 11.8 Å². The molecule has 104 valence electrons. The van der Waals surface area contributed by atoms with Crippen molar-refractivity contribution in [2.45, 2.75) is 0 Å². The molecule has 2 rings (SSSR count). The van der Waals surface area contributed by atoms with Gasteiger partial charge in [0, 0.05) is 7.05 Å². The van der Waals surface area contributed by atoms with Crippen LogP contribution in [0, 0.1) is 0 Å². The zero-order valence-corrected chi connectivity index (χ0v) is 10.7. The van der Waals surface area contributed by atoms with Gasteiger partial charge in [0.1, 0.15) is 11.4 Å². The number of carbonyl (C=O) groups is 2. The van der Waals surface area contributed by atoms with Gasteiger partial charge in [-0.3, -0.25) is 4.79 Å². The van der Waals surface area contributed by atoms with Gasteiger partial charge >= 0.3 is 5.97 Å². The predicted octanol–water partition coefficient (Wildman–Crippen LogP) is 1.14. The second kappa shape index (κ2) is 5.87. The Morgan fingerprint density at radius 2 is 2.15 bits per heavy atom. The van der Waals surface area contributed by atoms with Gasteiger partial charge in [0.2, 0.25) is 0 Å². The average molecular weight is 275 g/mol. The zero-order chi connectivity index (χ0) is 14.5. The van der Waals surface area contributed by atoms with Crippen LogP contribution in [0.4, 0.5) is 5.69 Å². The summed E-state index contributed by atoms with van der Waals surface area (Å²) in [6.07, 6.45) is 2.96. The van der Waals surface area contributed by atoms with Gasteiger partial charge in [0.05, 0.1) is 18.2 Å². The number of rotatable bonds is 5. The highest BCUT2D eigenvalue weighted by Gasteiger charge is 2.13. The molecule has 1 heterocycles.